The van der Waals surface area contributed by atoms with Crippen LogP contribution in [0.4, 0.5) is 5.69 Å². The van der Waals surface area contributed by atoms with Crippen LogP contribution in [0.25, 0.3) is 0 Å². The highest BCUT2D eigenvalue weighted by Gasteiger charge is 2.17. The standard InChI is InChI=1S/C15H22BrN3O/c1-12(19-7-2-3-8-19)10-17-11-15(20)18-14-6-4-5-13(16)9-14/h4-6,9,12,17H,2-3,7-8,10-11H2,1H3,(H,18,20). The average Bonchev–Trinajstić information content (AvgIpc) is 2.92. The van der Waals surface area contributed by atoms with Crippen LogP contribution < -0.4 is 10.6 Å². The van der Waals surface area contributed by atoms with Gasteiger partial charge >= 0.3 is 0 Å². The number of nitrogens with one attached hydrogen (secondary N) is 2. The number of rotatable bonds is 6. The van der Waals surface area contributed by atoms with Crippen molar-refractivity contribution in [2.45, 2.75) is 25.8 Å². The molecule has 1 aromatic carbocycles. The smallest absolute Gasteiger partial charge is 0.238 e. The van der Waals surface area contributed by atoms with Crippen molar-refractivity contribution >= 4 is 27.5 Å². The fourth-order valence-electron chi connectivity index (χ4n) is 2.48. The zero-order valence-electron chi connectivity index (χ0n) is 11.9. The van der Waals surface area contributed by atoms with E-state index in [1.165, 1.54) is 25.9 Å². The minimum Gasteiger partial charge on any atom is -0.325 e. The van der Waals surface area contributed by atoms with Crippen LogP contribution in [0.1, 0.15) is 19.8 Å². The Balaban J connectivity index is 1.67. The van der Waals surface area contributed by atoms with Gasteiger partial charge in [-0.05, 0) is 51.1 Å². The summed E-state index contributed by atoms with van der Waals surface area (Å²) in [7, 11) is 0. The van der Waals surface area contributed by atoms with Crippen molar-refractivity contribution in [1.29, 1.82) is 0 Å². The van der Waals surface area contributed by atoms with Gasteiger partial charge in [0.2, 0.25) is 5.91 Å². The van der Waals surface area contributed by atoms with Crippen molar-refractivity contribution in [1.82, 2.24) is 10.2 Å². The molecular weight excluding hydrogens is 318 g/mol. The summed E-state index contributed by atoms with van der Waals surface area (Å²) in [6.45, 7) is 5.79. The molecule has 2 rings (SSSR count). The summed E-state index contributed by atoms with van der Waals surface area (Å²) in [5.41, 5.74) is 0.818. The van der Waals surface area contributed by atoms with Crippen LogP contribution in [-0.2, 0) is 4.79 Å². The third kappa shape index (κ3) is 4.89. The Hall–Kier alpha value is -0.910. The van der Waals surface area contributed by atoms with Crippen LogP contribution in [0.3, 0.4) is 0 Å². The maximum atomic E-state index is 11.8. The SMILES string of the molecule is CC(CNCC(=O)Nc1cccc(Br)c1)N1CCCC1. The molecule has 1 saturated heterocycles. The first kappa shape index (κ1) is 15.5. The Kier molecular flexibility index (Phi) is 6.01. The number of benzene rings is 1. The van der Waals surface area contributed by atoms with E-state index >= 15 is 0 Å². The molecule has 20 heavy (non-hydrogen) atoms. The Morgan fingerprint density at radius 2 is 2.15 bits per heavy atom. The summed E-state index contributed by atoms with van der Waals surface area (Å²) in [4.78, 5) is 14.3. The molecule has 2 N–H and O–H groups in total. The third-order valence-electron chi connectivity index (χ3n) is 3.60. The fraction of sp³-hybridized carbons (Fsp3) is 0.533. The first-order valence-corrected chi connectivity index (χ1v) is 7.94. The molecule has 1 amide bonds. The van der Waals surface area contributed by atoms with Crippen molar-refractivity contribution < 1.29 is 4.79 Å². The predicted octanol–water partition coefficient (Wildman–Crippen LogP) is 2.46. The Bertz CT molecular complexity index is 446. The topological polar surface area (TPSA) is 44.4 Å². The lowest BCUT2D eigenvalue weighted by Gasteiger charge is -2.23. The van der Waals surface area contributed by atoms with E-state index in [0.717, 1.165) is 16.7 Å². The fourth-order valence-corrected chi connectivity index (χ4v) is 2.88. The molecule has 1 fully saturated rings. The normalized spacial score (nSPS) is 17.1. The highest BCUT2D eigenvalue weighted by atomic mass is 79.9. The number of anilines is 1. The van der Waals surface area contributed by atoms with Gasteiger partial charge in [0.25, 0.3) is 0 Å². The zero-order chi connectivity index (χ0) is 14.4. The molecule has 0 aromatic heterocycles. The van der Waals surface area contributed by atoms with Gasteiger partial charge in [-0.1, -0.05) is 22.0 Å². The second-order valence-electron chi connectivity index (χ2n) is 5.28. The lowest BCUT2D eigenvalue weighted by Crippen LogP contribution is -2.40. The van der Waals surface area contributed by atoms with Crippen LogP contribution in [0, 0.1) is 0 Å². The summed E-state index contributed by atoms with van der Waals surface area (Å²) in [6.07, 6.45) is 2.60. The Morgan fingerprint density at radius 3 is 2.85 bits per heavy atom. The molecule has 0 spiro atoms. The molecule has 0 bridgehead atoms. The van der Waals surface area contributed by atoms with Crippen molar-refractivity contribution in [2.75, 3.05) is 31.5 Å². The Morgan fingerprint density at radius 1 is 1.40 bits per heavy atom. The first-order chi connectivity index (χ1) is 9.65. The summed E-state index contributed by atoms with van der Waals surface area (Å²) in [5.74, 6) is -0.00304. The number of hydrogen-bond donors (Lipinski definition) is 2. The molecule has 1 aliphatic heterocycles. The number of amides is 1. The molecular formula is C15H22BrN3O. The van der Waals surface area contributed by atoms with Crippen molar-refractivity contribution in [3.05, 3.63) is 28.7 Å². The molecule has 110 valence electrons. The summed E-state index contributed by atoms with van der Waals surface area (Å²) < 4.78 is 0.964. The molecule has 1 heterocycles. The van der Waals surface area contributed by atoms with Gasteiger partial charge in [-0.3, -0.25) is 9.69 Å². The second kappa shape index (κ2) is 7.76. The van der Waals surface area contributed by atoms with Gasteiger partial charge in [-0.25, -0.2) is 0 Å². The van der Waals surface area contributed by atoms with E-state index in [4.69, 9.17) is 0 Å². The molecule has 0 aliphatic carbocycles. The molecule has 5 heteroatoms. The van der Waals surface area contributed by atoms with Crippen LogP contribution in [0.5, 0.6) is 0 Å². The van der Waals surface area contributed by atoms with Crippen LogP contribution in [-0.4, -0.2) is 43.0 Å². The predicted molar refractivity (Wildman–Crippen MR) is 85.9 cm³/mol. The van der Waals surface area contributed by atoms with E-state index in [1.54, 1.807) is 0 Å². The lowest BCUT2D eigenvalue weighted by atomic mass is 10.3. The van der Waals surface area contributed by atoms with Crippen molar-refractivity contribution in [2.24, 2.45) is 0 Å². The number of carbonyl (C=O) groups is 1. The minimum atomic E-state index is -0.00304. The summed E-state index contributed by atoms with van der Waals surface area (Å²) in [6, 6.07) is 8.12. The van der Waals surface area contributed by atoms with Gasteiger partial charge in [0, 0.05) is 22.7 Å². The Labute approximate surface area is 129 Å². The van der Waals surface area contributed by atoms with Gasteiger partial charge in [0.05, 0.1) is 6.54 Å². The zero-order valence-corrected chi connectivity index (χ0v) is 13.4. The van der Waals surface area contributed by atoms with Gasteiger partial charge in [0.1, 0.15) is 0 Å². The molecule has 0 radical (unpaired) electrons. The summed E-state index contributed by atoms with van der Waals surface area (Å²) >= 11 is 3.39. The number of likely N-dealkylation sites (tertiary alicyclic amines) is 1. The van der Waals surface area contributed by atoms with E-state index in [-0.39, 0.29) is 5.91 Å². The van der Waals surface area contributed by atoms with Gasteiger partial charge < -0.3 is 10.6 Å². The van der Waals surface area contributed by atoms with Crippen molar-refractivity contribution in [3.8, 4) is 0 Å². The number of halogens is 1. The number of hydrogen-bond acceptors (Lipinski definition) is 3. The highest BCUT2D eigenvalue weighted by Crippen LogP contribution is 2.15. The number of carbonyl (C=O) groups excluding carboxylic acids is 1. The van der Waals surface area contributed by atoms with Gasteiger partial charge in [-0.2, -0.15) is 0 Å². The van der Waals surface area contributed by atoms with E-state index in [1.807, 2.05) is 24.3 Å². The maximum absolute atomic E-state index is 11.8. The third-order valence-corrected chi connectivity index (χ3v) is 4.09. The van der Waals surface area contributed by atoms with Crippen molar-refractivity contribution in [3.63, 3.8) is 0 Å². The average molecular weight is 340 g/mol. The lowest BCUT2D eigenvalue weighted by molar-refractivity contribution is -0.115. The van der Waals surface area contributed by atoms with Crippen LogP contribution in [0.15, 0.2) is 28.7 Å². The van der Waals surface area contributed by atoms with E-state index < -0.39 is 0 Å². The van der Waals surface area contributed by atoms with Crippen LogP contribution in [0.2, 0.25) is 0 Å². The maximum Gasteiger partial charge on any atom is 0.238 e. The van der Waals surface area contributed by atoms with E-state index in [0.29, 0.717) is 12.6 Å². The van der Waals surface area contributed by atoms with Crippen LogP contribution >= 0.6 is 15.9 Å². The monoisotopic (exact) mass is 339 g/mol. The molecule has 1 aliphatic rings. The molecule has 1 unspecified atom stereocenters. The molecule has 1 atom stereocenters. The molecule has 0 saturated carbocycles. The highest BCUT2D eigenvalue weighted by molar-refractivity contribution is 9.10. The van der Waals surface area contributed by atoms with Gasteiger partial charge in [-0.15, -0.1) is 0 Å². The summed E-state index contributed by atoms with van der Waals surface area (Å²) in [5, 5.41) is 6.11. The minimum absolute atomic E-state index is 0.00304. The quantitative estimate of drug-likeness (QED) is 0.836. The van der Waals surface area contributed by atoms with Gasteiger partial charge in [0.15, 0.2) is 0 Å². The first-order valence-electron chi connectivity index (χ1n) is 7.15. The second-order valence-corrected chi connectivity index (χ2v) is 6.20. The molecule has 4 nitrogen and oxygen atoms in total. The van der Waals surface area contributed by atoms with E-state index in [2.05, 4.69) is 38.4 Å². The number of nitrogens with zero attached hydrogens (tertiary/aromatic N) is 1. The molecule has 1 aromatic rings. The van der Waals surface area contributed by atoms with E-state index in [9.17, 15) is 4.79 Å². The largest absolute Gasteiger partial charge is 0.325 e.